The highest BCUT2D eigenvalue weighted by atomic mass is 32.3. The van der Waals surface area contributed by atoms with Crippen LogP contribution in [-0.4, -0.2) is 42.0 Å². The first-order valence-electron chi connectivity index (χ1n) is 4.90. The number of nitrogens with one attached hydrogen (secondary N) is 1. The van der Waals surface area contributed by atoms with Gasteiger partial charge in [-0.15, -0.1) is 0 Å². The molecule has 0 atom stereocenters. The fourth-order valence-corrected chi connectivity index (χ4v) is 3.08. The standard InChI is InChI=1S/C7H18P.F2HNO4S2/c1-5-8(4,6-2)7-3;1-8(4,5)3-9(2,6)7/h5-7H2,1-4H3;3H/q+1;. The number of hydrogen-bond donors (Lipinski definition) is 1. The first-order chi connectivity index (χ1) is 7.39. The molecule has 0 radical (unpaired) electrons. The molecule has 0 aromatic rings. The largest absolute Gasteiger partial charge is 0.387 e. The molecule has 10 heteroatoms. The summed E-state index contributed by atoms with van der Waals surface area (Å²) in [5.41, 5.74) is 0. The van der Waals surface area contributed by atoms with Crippen LogP contribution in [0.1, 0.15) is 20.8 Å². The predicted octanol–water partition coefficient (Wildman–Crippen LogP) is 1.70. The van der Waals surface area contributed by atoms with E-state index in [1.54, 1.807) is 0 Å². The molecular formula is C7H19F2NO4PS2+. The SMILES string of the molecule is CC[P+](C)(CC)CC.O=S(=O)(F)NS(=O)(=O)F. The average Bonchev–Trinajstić information content (AvgIpc) is 2.12. The van der Waals surface area contributed by atoms with Crippen LogP contribution in [0.15, 0.2) is 0 Å². The van der Waals surface area contributed by atoms with E-state index < -0.39 is 28.1 Å². The van der Waals surface area contributed by atoms with E-state index in [0.29, 0.717) is 0 Å². The Hall–Kier alpha value is 0.150. The molecule has 0 heterocycles. The zero-order valence-corrected chi connectivity index (χ0v) is 12.8. The van der Waals surface area contributed by atoms with E-state index >= 15 is 0 Å². The topological polar surface area (TPSA) is 80.3 Å². The Morgan fingerprint density at radius 1 is 0.882 bits per heavy atom. The maximum absolute atomic E-state index is 11.1. The average molecular weight is 314 g/mol. The van der Waals surface area contributed by atoms with E-state index in [0.717, 1.165) is 0 Å². The molecule has 0 rings (SSSR count). The maximum Gasteiger partial charge on any atom is 0.387 e. The Morgan fingerprint density at radius 2 is 1.12 bits per heavy atom. The van der Waals surface area contributed by atoms with Gasteiger partial charge in [-0.05, 0) is 20.8 Å². The molecule has 1 N–H and O–H groups in total. The molecule has 0 saturated heterocycles. The Bertz CT molecular complexity index is 367. The molecule has 106 valence electrons. The van der Waals surface area contributed by atoms with Crippen molar-refractivity contribution in [1.82, 2.24) is 4.13 Å². The molecule has 5 nitrogen and oxygen atoms in total. The van der Waals surface area contributed by atoms with Crippen LogP contribution in [0, 0.1) is 0 Å². The van der Waals surface area contributed by atoms with Crippen molar-refractivity contribution in [3.63, 3.8) is 0 Å². The van der Waals surface area contributed by atoms with Crippen molar-refractivity contribution in [2.24, 2.45) is 0 Å². The van der Waals surface area contributed by atoms with Crippen LogP contribution in [0.25, 0.3) is 0 Å². The predicted molar refractivity (Wildman–Crippen MR) is 67.7 cm³/mol. The molecule has 0 aliphatic rings. The summed E-state index contributed by atoms with van der Waals surface area (Å²) in [4.78, 5) is 0. The van der Waals surface area contributed by atoms with E-state index in [9.17, 15) is 24.6 Å². The second-order valence-electron chi connectivity index (χ2n) is 3.53. The van der Waals surface area contributed by atoms with E-state index in [1.807, 2.05) is 0 Å². The van der Waals surface area contributed by atoms with Crippen LogP contribution < -0.4 is 4.13 Å². The van der Waals surface area contributed by atoms with E-state index in [-0.39, 0.29) is 4.13 Å². The number of hydrogen-bond acceptors (Lipinski definition) is 4. The number of halogens is 2. The molecular weight excluding hydrogens is 295 g/mol. The summed E-state index contributed by atoms with van der Waals surface area (Å²) >= 11 is 0. The van der Waals surface area contributed by atoms with Crippen LogP contribution in [-0.2, 0) is 20.8 Å². The lowest BCUT2D eigenvalue weighted by molar-refractivity contribution is 0.527. The van der Waals surface area contributed by atoms with Crippen molar-refractivity contribution in [2.75, 3.05) is 25.2 Å². The summed E-state index contributed by atoms with van der Waals surface area (Å²) < 4.78 is 59.3. The van der Waals surface area contributed by atoms with Crippen molar-refractivity contribution in [2.45, 2.75) is 20.8 Å². The van der Waals surface area contributed by atoms with Gasteiger partial charge in [0, 0.05) is 13.9 Å². The lowest BCUT2D eigenvalue weighted by atomic mass is 10.9. The zero-order chi connectivity index (χ0) is 14.3. The molecule has 0 aromatic heterocycles. The zero-order valence-electron chi connectivity index (χ0n) is 10.3. The summed E-state index contributed by atoms with van der Waals surface area (Å²) in [5.74, 6) is 0. The van der Waals surface area contributed by atoms with Gasteiger partial charge >= 0.3 is 20.8 Å². The van der Waals surface area contributed by atoms with Gasteiger partial charge < -0.3 is 0 Å². The van der Waals surface area contributed by atoms with Gasteiger partial charge in [-0.3, -0.25) is 0 Å². The van der Waals surface area contributed by atoms with Crippen molar-refractivity contribution in [3.8, 4) is 0 Å². The fourth-order valence-electron chi connectivity index (χ4n) is 0.790. The number of rotatable bonds is 5. The van der Waals surface area contributed by atoms with Gasteiger partial charge in [0.05, 0.1) is 18.5 Å². The Balaban J connectivity index is 0. The van der Waals surface area contributed by atoms with Crippen molar-refractivity contribution >= 4 is 28.1 Å². The molecule has 0 aromatic carbocycles. The normalized spacial score (nSPS) is 12.8. The smallest absolute Gasteiger partial charge is 0.176 e. The Labute approximate surface area is 103 Å². The van der Waals surface area contributed by atoms with Gasteiger partial charge in [0.1, 0.15) is 0 Å². The first kappa shape index (κ1) is 19.5. The third kappa shape index (κ3) is 14.1. The minimum atomic E-state index is -5.49. The van der Waals surface area contributed by atoms with E-state index in [4.69, 9.17) is 0 Å². The van der Waals surface area contributed by atoms with Crippen molar-refractivity contribution in [3.05, 3.63) is 0 Å². The van der Waals surface area contributed by atoms with Crippen LogP contribution in [0.3, 0.4) is 0 Å². The quantitative estimate of drug-likeness (QED) is 0.618. The Morgan fingerprint density at radius 3 is 1.12 bits per heavy atom. The maximum atomic E-state index is 11.1. The van der Waals surface area contributed by atoms with Crippen molar-refractivity contribution in [1.29, 1.82) is 0 Å². The van der Waals surface area contributed by atoms with Gasteiger partial charge in [-0.25, -0.2) is 0 Å². The highest BCUT2D eigenvalue weighted by molar-refractivity contribution is 7.99. The van der Waals surface area contributed by atoms with Crippen molar-refractivity contribution < 1.29 is 24.6 Å². The van der Waals surface area contributed by atoms with Crippen LogP contribution in [0.2, 0.25) is 0 Å². The van der Waals surface area contributed by atoms with Crippen LogP contribution in [0.5, 0.6) is 0 Å². The summed E-state index contributed by atoms with van der Waals surface area (Å²) in [6.07, 6.45) is 4.29. The highest BCUT2D eigenvalue weighted by Gasteiger charge is 2.22. The monoisotopic (exact) mass is 314 g/mol. The van der Waals surface area contributed by atoms with Gasteiger partial charge in [0.2, 0.25) is 0 Å². The summed E-state index contributed by atoms with van der Waals surface area (Å²) in [6, 6.07) is 0. The molecule has 0 fully saturated rings. The molecule has 0 spiro atoms. The van der Waals surface area contributed by atoms with E-state index in [1.165, 1.54) is 18.5 Å². The van der Waals surface area contributed by atoms with E-state index in [2.05, 4.69) is 27.4 Å². The third-order valence-corrected chi connectivity index (χ3v) is 8.66. The summed E-state index contributed by atoms with van der Waals surface area (Å²) in [5, 5.41) is 0. The second kappa shape index (κ2) is 7.56. The molecule has 0 unspecified atom stereocenters. The molecule has 0 amide bonds. The molecule has 0 aliphatic carbocycles. The fraction of sp³-hybridized carbons (Fsp3) is 1.00. The minimum Gasteiger partial charge on any atom is -0.176 e. The minimum absolute atomic E-state index is 0.0694. The molecule has 0 bridgehead atoms. The Kier molecular flexibility index (Phi) is 8.66. The van der Waals surface area contributed by atoms with Crippen LogP contribution >= 0.6 is 7.26 Å². The van der Waals surface area contributed by atoms with Gasteiger partial charge in [0.15, 0.2) is 0 Å². The van der Waals surface area contributed by atoms with Gasteiger partial charge in [-0.1, -0.05) is 11.9 Å². The summed E-state index contributed by atoms with van der Waals surface area (Å²) in [6.45, 7) is 9.43. The first-order valence-corrected chi connectivity index (χ1v) is 10.5. The third-order valence-electron chi connectivity index (χ3n) is 2.49. The lowest BCUT2D eigenvalue weighted by Gasteiger charge is -2.16. The molecule has 0 aliphatic heterocycles. The van der Waals surface area contributed by atoms with Gasteiger partial charge in [0.25, 0.3) is 0 Å². The molecule has 0 saturated carbocycles. The second-order valence-corrected chi connectivity index (χ2v) is 11.1. The van der Waals surface area contributed by atoms with Gasteiger partial charge in [-0.2, -0.15) is 16.8 Å². The van der Waals surface area contributed by atoms with Crippen LogP contribution in [0.4, 0.5) is 7.77 Å². The lowest BCUT2D eigenvalue weighted by Crippen LogP contribution is -2.23. The molecule has 17 heavy (non-hydrogen) atoms. The highest BCUT2D eigenvalue weighted by Crippen LogP contribution is 2.53. The summed E-state index contributed by atoms with van der Waals surface area (Å²) in [7, 11) is -11.4.